The van der Waals surface area contributed by atoms with Gasteiger partial charge in [-0.05, 0) is 30.7 Å². The van der Waals surface area contributed by atoms with Crippen molar-refractivity contribution in [2.45, 2.75) is 6.92 Å². The molecule has 0 aromatic carbocycles. The van der Waals surface area contributed by atoms with Crippen LogP contribution in [0.5, 0.6) is 0 Å². The van der Waals surface area contributed by atoms with Crippen LogP contribution in [0.2, 0.25) is 5.28 Å². The van der Waals surface area contributed by atoms with E-state index in [0.29, 0.717) is 5.28 Å². The van der Waals surface area contributed by atoms with Crippen molar-refractivity contribution < 1.29 is 0 Å². The molecule has 4 nitrogen and oxygen atoms in total. The zero-order valence-electron chi connectivity index (χ0n) is 6.98. The van der Waals surface area contributed by atoms with E-state index in [1.807, 2.05) is 19.1 Å². The SMILES string of the molecule is Cc1nnc(Cl)n1-c1cccnc1. The zero-order valence-corrected chi connectivity index (χ0v) is 7.73. The van der Waals surface area contributed by atoms with Crippen LogP contribution in [0.25, 0.3) is 5.69 Å². The van der Waals surface area contributed by atoms with Crippen LogP contribution in [-0.4, -0.2) is 19.7 Å². The van der Waals surface area contributed by atoms with Gasteiger partial charge in [-0.3, -0.25) is 9.55 Å². The van der Waals surface area contributed by atoms with Crippen LogP contribution in [0.1, 0.15) is 5.82 Å². The minimum absolute atomic E-state index is 0.352. The van der Waals surface area contributed by atoms with E-state index in [1.54, 1.807) is 17.0 Å². The molecule has 0 radical (unpaired) electrons. The van der Waals surface area contributed by atoms with Crippen molar-refractivity contribution in [1.82, 2.24) is 19.7 Å². The van der Waals surface area contributed by atoms with Crippen molar-refractivity contribution in [3.8, 4) is 5.69 Å². The second-order valence-electron chi connectivity index (χ2n) is 2.56. The highest BCUT2D eigenvalue weighted by Crippen LogP contribution is 2.14. The predicted molar refractivity (Wildman–Crippen MR) is 48.9 cm³/mol. The molecule has 0 amide bonds. The quantitative estimate of drug-likeness (QED) is 0.693. The third kappa shape index (κ3) is 1.40. The van der Waals surface area contributed by atoms with Crippen molar-refractivity contribution in [1.29, 1.82) is 0 Å². The van der Waals surface area contributed by atoms with Gasteiger partial charge in [0.05, 0.1) is 11.9 Å². The normalized spacial score (nSPS) is 10.3. The van der Waals surface area contributed by atoms with Gasteiger partial charge < -0.3 is 0 Å². The Labute approximate surface area is 80.2 Å². The summed E-state index contributed by atoms with van der Waals surface area (Å²) in [6.45, 7) is 1.84. The molecule has 2 heterocycles. The molecule has 66 valence electrons. The fraction of sp³-hybridized carbons (Fsp3) is 0.125. The van der Waals surface area contributed by atoms with E-state index in [0.717, 1.165) is 11.5 Å². The third-order valence-electron chi connectivity index (χ3n) is 1.69. The Balaban J connectivity index is 2.59. The number of nitrogens with zero attached hydrogens (tertiary/aromatic N) is 4. The summed E-state index contributed by atoms with van der Waals surface area (Å²) in [6.07, 6.45) is 3.42. The second-order valence-corrected chi connectivity index (χ2v) is 2.90. The average Bonchev–Trinajstić information content (AvgIpc) is 2.48. The minimum Gasteiger partial charge on any atom is -0.268 e. The largest absolute Gasteiger partial charge is 0.268 e. The Hall–Kier alpha value is -1.42. The summed E-state index contributed by atoms with van der Waals surface area (Å²) in [4.78, 5) is 3.99. The van der Waals surface area contributed by atoms with Crippen LogP contribution < -0.4 is 0 Å². The zero-order chi connectivity index (χ0) is 9.26. The van der Waals surface area contributed by atoms with Crippen LogP contribution in [0.15, 0.2) is 24.5 Å². The maximum absolute atomic E-state index is 5.84. The Morgan fingerprint density at radius 1 is 1.38 bits per heavy atom. The number of aromatic nitrogens is 4. The fourth-order valence-corrected chi connectivity index (χ4v) is 1.37. The number of halogens is 1. The fourth-order valence-electron chi connectivity index (χ4n) is 1.12. The number of hydrogen-bond donors (Lipinski definition) is 0. The lowest BCUT2D eigenvalue weighted by atomic mass is 10.4. The van der Waals surface area contributed by atoms with Crippen molar-refractivity contribution in [2.24, 2.45) is 0 Å². The maximum Gasteiger partial charge on any atom is 0.229 e. The van der Waals surface area contributed by atoms with E-state index in [-0.39, 0.29) is 0 Å². The molecular weight excluding hydrogens is 188 g/mol. The molecule has 2 aromatic heterocycles. The highest BCUT2D eigenvalue weighted by molar-refractivity contribution is 6.28. The average molecular weight is 195 g/mol. The topological polar surface area (TPSA) is 43.6 Å². The van der Waals surface area contributed by atoms with Crippen LogP contribution in [0.4, 0.5) is 0 Å². The number of aryl methyl sites for hydroxylation is 1. The molecular formula is C8H7ClN4. The van der Waals surface area contributed by atoms with Crippen LogP contribution in [0.3, 0.4) is 0 Å². The van der Waals surface area contributed by atoms with Crippen LogP contribution >= 0.6 is 11.6 Å². The molecule has 0 unspecified atom stereocenters. The molecule has 0 aliphatic rings. The van der Waals surface area contributed by atoms with Crippen molar-refractivity contribution in [3.05, 3.63) is 35.6 Å². The first kappa shape index (κ1) is 8.19. The van der Waals surface area contributed by atoms with E-state index >= 15 is 0 Å². The molecule has 0 atom stereocenters. The van der Waals surface area contributed by atoms with Gasteiger partial charge in [0.1, 0.15) is 5.82 Å². The summed E-state index contributed by atoms with van der Waals surface area (Å²) in [7, 11) is 0. The lowest BCUT2D eigenvalue weighted by molar-refractivity contribution is 0.961. The van der Waals surface area contributed by atoms with E-state index in [2.05, 4.69) is 15.2 Å². The summed E-state index contributed by atoms with van der Waals surface area (Å²) < 4.78 is 1.73. The molecule has 13 heavy (non-hydrogen) atoms. The van der Waals surface area contributed by atoms with Crippen molar-refractivity contribution in [2.75, 3.05) is 0 Å². The summed E-state index contributed by atoms with van der Waals surface area (Å²) in [5, 5.41) is 7.94. The Kier molecular flexibility index (Phi) is 1.98. The monoisotopic (exact) mass is 194 g/mol. The van der Waals surface area contributed by atoms with Gasteiger partial charge in [0.25, 0.3) is 0 Å². The van der Waals surface area contributed by atoms with Gasteiger partial charge in [0, 0.05) is 6.20 Å². The number of hydrogen-bond acceptors (Lipinski definition) is 3. The molecule has 2 aromatic rings. The highest BCUT2D eigenvalue weighted by Gasteiger charge is 2.07. The van der Waals surface area contributed by atoms with Gasteiger partial charge in [-0.15, -0.1) is 10.2 Å². The first-order chi connectivity index (χ1) is 6.29. The van der Waals surface area contributed by atoms with Crippen molar-refractivity contribution in [3.63, 3.8) is 0 Å². The molecule has 0 spiro atoms. The smallest absolute Gasteiger partial charge is 0.229 e. The molecule has 0 bridgehead atoms. The van der Waals surface area contributed by atoms with Gasteiger partial charge in [-0.1, -0.05) is 0 Å². The van der Waals surface area contributed by atoms with E-state index in [9.17, 15) is 0 Å². The Morgan fingerprint density at radius 2 is 2.23 bits per heavy atom. The van der Waals surface area contributed by atoms with Gasteiger partial charge in [0.15, 0.2) is 0 Å². The summed E-state index contributed by atoms with van der Waals surface area (Å²) >= 11 is 5.84. The molecule has 2 rings (SSSR count). The lowest BCUT2D eigenvalue weighted by Crippen LogP contribution is -1.97. The van der Waals surface area contributed by atoms with Gasteiger partial charge in [0.2, 0.25) is 5.28 Å². The Morgan fingerprint density at radius 3 is 2.77 bits per heavy atom. The Bertz CT molecular complexity index is 390. The molecule has 0 saturated carbocycles. The number of pyridine rings is 1. The van der Waals surface area contributed by atoms with Gasteiger partial charge in [-0.2, -0.15) is 0 Å². The second kappa shape index (κ2) is 3.14. The van der Waals surface area contributed by atoms with Gasteiger partial charge in [-0.25, -0.2) is 0 Å². The first-order valence-corrected chi connectivity index (χ1v) is 4.15. The first-order valence-electron chi connectivity index (χ1n) is 3.77. The third-order valence-corrected chi connectivity index (χ3v) is 1.93. The predicted octanol–water partition coefficient (Wildman–Crippen LogP) is 1.62. The molecule has 0 aliphatic carbocycles. The minimum atomic E-state index is 0.352. The van der Waals surface area contributed by atoms with Gasteiger partial charge >= 0.3 is 0 Å². The van der Waals surface area contributed by atoms with Crippen LogP contribution in [-0.2, 0) is 0 Å². The van der Waals surface area contributed by atoms with E-state index < -0.39 is 0 Å². The standard InChI is InChI=1S/C8H7ClN4/c1-6-11-12-8(9)13(6)7-3-2-4-10-5-7/h2-5H,1H3. The number of rotatable bonds is 1. The van der Waals surface area contributed by atoms with E-state index in [4.69, 9.17) is 11.6 Å². The highest BCUT2D eigenvalue weighted by atomic mass is 35.5. The molecule has 0 aliphatic heterocycles. The summed E-state index contributed by atoms with van der Waals surface area (Å²) in [5.74, 6) is 0.748. The van der Waals surface area contributed by atoms with Crippen molar-refractivity contribution >= 4 is 11.6 Å². The lowest BCUT2D eigenvalue weighted by Gasteiger charge is -2.02. The van der Waals surface area contributed by atoms with E-state index in [1.165, 1.54) is 0 Å². The summed E-state index contributed by atoms with van der Waals surface area (Å²) in [6, 6.07) is 3.74. The molecule has 5 heteroatoms. The molecule has 0 fully saturated rings. The molecule has 0 saturated heterocycles. The summed E-state index contributed by atoms with van der Waals surface area (Å²) in [5.41, 5.74) is 0.870. The maximum atomic E-state index is 5.84. The molecule has 0 N–H and O–H groups in total. The van der Waals surface area contributed by atoms with Crippen LogP contribution in [0, 0.1) is 6.92 Å².